The standard InChI is InChI=1S/C13H24N2O2/c1-17-6-2-3-13(16)15-12-5-4-10-8-14-9-11(10)7-12/h10-12,14H,2-9H2,1H3,(H,15,16)/t10-,11+,12?/m0/s1. The molecule has 1 amide bonds. The van der Waals surface area contributed by atoms with Crippen molar-refractivity contribution in [1.82, 2.24) is 10.6 Å². The fourth-order valence-electron chi connectivity index (χ4n) is 3.11. The summed E-state index contributed by atoms with van der Waals surface area (Å²) in [7, 11) is 1.67. The topological polar surface area (TPSA) is 50.4 Å². The Morgan fingerprint density at radius 2 is 2.18 bits per heavy atom. The molecular formula is C13H24N2O2. The van der Waals surface area contributed by atoms with Crippen LogP contribution in [0.25, 0.3) is 0 Å². The van der Waals surface area contributed by atoms with E-state index in [2.05, 4.69) is 10.6 Å². The number of hydrogen-bond donors (Lipinski definition) is 2. The lowest BCUT2D eigenvalue weighted by Gasteiger charge is -2.31. The number of hydrogen-bond acceptors (Lipinski definition) is 3. The minimum atomic E-state index is 0.191. The molecule has 0 aromatic carbocycles. The normalized spacial score (nSPS) is 32.2. The second-order valence-electron chi connectivity index (χ2n) is 5.35. The Morgan fingerprint density at radius 3 is 3.00 bits per heavy atom. The summed E-state index contributed by atoms with van der Waals surface area (Å²) in [6.07, 6.45) is 4.99. The molecule has 0 radical (unpaired) electrons. The molecule has 3 atom stereocenters. The van der Waals surface area contributed by atoms with Crippen molar-refractivity contribution in [3.63, 3.8) is 0 Å². The maximum absolute atomic E-state index is 11.7. The SMILES string of the molecule is COCCCC(=O)NC1CC[C@H]2CNC[C@H]2C1. The van der Waals surface area contributed by atoms with Gasteiger partial charge in [0.25, 0.3) is 0 Å². The third-order valence-corrected chi connectivity index (χ3v) is 4.07. The van der Waals surface area contributed by atoms with Crippen molar-refractivity contribution >= 4 is 5.91 Å². The van der Waals surface area contributed by atoms with Gasteiger partial charge < -0.3 is 15.4 Å². The zero-order valence-corrected chi connectivity index (χ0v) is 10.7. The van der Waals surface area contributed by atoms with Crippen LogP contribution < -0.4 is 10.6 Å². The summed E-state index contributed by atoms with van der Waals surface area (Å²) in [5.74, 6) is 1.83. The van der Waals surface area contributed by atoms with Gasteiger partial charge in [-0.2, -0.15) is 0 Å². The maximum Gasteiger partial charge on any atom is 0.220 e. The third kappa shape index (κ3) is 3.68. The molecule has 2 aliphatic rings. The molecule has 0 aromatic heterocycles. The fourth-order valence-corrected chi connectivity index (χ4v) is 3.11. The summed E-state index contributed by atoms with van der Waals surface area (Å²) in [6, 6.07) is 0.409. The highest BCUT2D eigenvalue weighted by molar-refractivity contribution is 5.76. The Labute approximate surface area is 103 Å². The zero-order valence-electron chi connectivity index (χ0n) is 10.7. The fraction of sp³-hybridized carbons (Fsp3) is 0.923. The number of fused-ring (bicyclic) bond motifs is 1. The molecule has 0 bridgehead atoms. The number of rotatable bonds is 5. The number of methoxy groups -OCH3 is 1. The molecule has 1 saturated heterocycles. The molecule has 2 N–H and O–H groups in total. The van der Waals surface area contributed by atoms with Gasteiger partial charge in [-0.1, -0.05) is 0 Å². The van der Waals surface area contributed by atoms with Crippen molar-refractivity contribution in [3.05, 3.63) is 0 Å². The lowest BCUT2D eigenvalue weighted by molar-refractivity contribution is -0.122. The Hall–Kier alpha value is -0.610. The molecule has 1 aliphatic carbocycles. The van der Waals surface area contributed by atoms with Crippen LogP contribution in [0.2, 0.25) is 0 Å². The first-order valence-corrected chi connectivity index (χ1v) is 6.78. The van der Waals surface area contributed by atoms with Crippen LogP contribution in [0.5, 0.6) is 0 Å². The van der Waals surface area contributed by atoms with Crippen LogP contribution in [0, 0.1) is 11.8 Å². The lowest BCUT2D eigenvalue weighted by atomic mass is 9.79. The van der Waals surface area contributed by atoms with E-state index in [1.165, 1.54) is 13.0 Å². The van der Waals surface area contributed by atoms with Crippen molar-refractivity contribution in [3.8, 4) is 0 Å². The van der Waals surface area contributed by atoms with Crippen LogP contribution >= 0.6 is 0 Å². The van der Waals surface area contributed by atoms with Crippen molar-refractivity contribution in [2.45, 2.75) is 38.1 Å². The number of carbonyl (C=O) groups excluding carboxylic acids is 1. The Bertz CT molecular complexity index is 258. The van der Waals surface area contributed by atoms with Gasteiger partial charge in [-0.05, 0) is 50.6 Å². The van der Waals surface area contributed by atoms with E-state index in [0.29, 0.717) is 19.1 Å². The highest BCUT2D eigenvalue weighted by atomic mass is 16.5. The van der Waals surface area contributed by atoms with Gasteiger partial charge in [-0.25, -0.2) is 0 Å². The van der Waals surface area contributed by atoms with Crippen LogP contribution in [0.1, 0.15) is 32.1 Å². The minimum absolute atomic E-state index is 0.191. The number of ether oxygens (including phenoxy) is 1. The van der Waals surface area contributed by atoms with Gasteiger partial charge in [0.2, 0.25) is 5.91 Å². The smallest absolute Gasteiger partial charge is 0.220 e. The second-order valence-corrected chi connectivity index (χ2v) is 5.35. The zero-order chi connectivity index (χ0) is 12.1. The van der Waals surface area contributed by atoms with Crippen LogP contribution in [-0.2, 0) is 9.53 Å². The first kappa shape index (κ1) is 12.8. The minimum Gasteiger partial charge on any atom is -0.385 e. The molecule has 1 unspecified atom stereocenters. The summed E-state index contributed by atoms with van der Waals surface area (Å²) < 4.78 is 4.95. The van der Waals surface area contributed by atoms with E-state index in [-0.39, 0.29) is 5.91 Å². The predicted molar refractivity (Wildman–Crippen MR) is 66.7 cm³/mol. The third-order valence-electron chi connectivity index (χ3n) is 4.07. The van der Waals surface area contributed by atoms with Crippen LogP contribution in [0.3, 0.4) is 0 Å². The molecule has 1 aliphatic heterocycles. The number of carbonyl (C=O) groups is 1. The van der Waals surface area contributed by atoms with Crippen molar-refractivity contribution in [1.29, 1.82) is 0 Å². The quantitative estimate of drug-likeness (QED) is 0.703. The molecule has 4 nitrogen and oxygen atoms in total. The maximum atomic E-state index is 11.7. The van der Waals surface area contributed by atoms with E-state index in [9.17, 15) is 4.79 Å². The molecule has 4 heteroatoms. The van der Waals surface area contributed by atoms with E-state index in [1.54, 1.807) is 7.11 Å². The summed E-state index contributed by atoms with van der Waals surface area (Å²) in [6.45, 7) is 2.99. The van der Waals surface area contributed by atoms with E-state index >= 15 is 0 Å². The Morgan fingerprint density at radius 1 is 1.35 bits per heavy atom. The monoisotopic (exact) mass is 240 g/mol. The van der Waals surface area contributed by atoms with Crippen molar-refractivity contribution < 1.29 is 9.53 Å². The summed E-state index contributed by atoms with van der Waals surface area (Å²) >= 11 is 0. The van der Waals surface area contributed by atoms with Crippen LogP contribution in [0.15, 0.2) is 0 Å². The molecule has 0 spiro atoms. The Balaban J connectivity index is 1.67. The van der Waals surface area contributed by atoms with Gasteiger partial charge in [0.15, 0.2) is 0 Å². The van der Waals surface area contributed by atoms with Gasteiger partial charge >= 0.3 is 0 Å². The van der Waals surface area contributed by atoms with Crippen LogP contribution in [0.4, 0.5) is 0 Å². The molecule has 17 heavy (non-hydrogen) atoms. The van der Waals surface area contributed by atoms with Gasteiger partial charge in [0, 0.05) is 26.2 Å². The first-order valence-electron chi connectivity index (χ1n) is 6.78. The number of amides is 1. The molecule has 2 fully saturated rings. The molecule has 1 heterocycles. The molecule has 1 saturated carbocycles. The molecule has 98 valence electrons. The predicted octanol–water partition coefficient (Wildman–Crippen LogP) is 0.917. The van der Waals surface area contributed by atoms with Gasteiger partial charge in [0.1, 0.15) is 0 Å². The van der Waals surface area contributed by atoms with Crippen molar-refractivity contribution in [2.24, 2.45) is 11.8 Å². The summed E-state index contributed by atoms with van der Waals surface area (Å²) in [4.78, 5) is 11.7. The van der Waals surface area contributed by atoms with Gasteiger partial charge in [-0.15, -0.1) is 0 Å². The van der Waals surface area contributed by atoms with E-state index in [0.717, 1.165) is 37.6 Å². The number of nitrogens with one attached hydrogen (secondary N) is 2. The van der Waals surface area contributed by atoms with E-state index in [1.807, 2.05) is 0 Å². The average molecular weight is 240 g/mol. The Kier molecular flexibility index (Phi) is 4.80. The highest BCUT2D eigenvalue weighted by Crippen LogP contribution is 2.32. The van der Waals surface area contributed by atoms with E-state index in [4.69, 9.17) is 4.74 Å². The lowest BCUT2D eigenvalue weighted by Crippen LogP contribution is -2.40. The molecular weight excluding hydrogens is 216 g/mol. The molecule has 2 rings (SSSR count). The van der Waals surface area contributed by atoms with Crippen molar-refractivity contribution in [2.75, 3.05) is 26.8 Å². The second kappa shape index (κ2) is 6.36. The summed E-state index contributed by atoms with van der Waals surface area (Å²) in [5, 5.41) is 6.62. The van der Waals surface area contributed by atoms with E-state index < -0.39 is 0 Å². The largest absolute Gasteiger partial charge is 0.385 e. The highest BCUT2D eigenvalue weighted by Gasteiger charge is 2.33. The first-order chi connectivity index (χ1) is 8.29. The average Bonchev–Trinajstić information content (AvgIpc) is 2.76. The van der Waals surface area contributed by atoms with Gasteiger partial charge in [0.05, 0.1) is 0 Å². The van der Waals surface area contributed by atoms with Crippen LogP contribution in [-0.4, -0.2) is 38.8 Å². The van der Waals surface area contributed by atoms with Gasteiger partial charge in [-0.3, -0.25) is 4.79 Å². The summed E-state index contributed by atoms with van der Waals surface area (Å²) in [5.41, 5.74) is 0. The molecule has 0 aromatic rings.